The highest BCUT2D eigenvalue weighted by molar-refractivity contribution is 7.99. The molecule has 0 spiro atoms. The smallest absolute Gasteiger partial charge is 0.233 e. The van der Waals surface area contributed by atoms with Crippen LogP contribution < -0.4 is 0 Å². The zero-order chi connectivity index (χ0) is 19.5. The molecule has 2 aromatic rings. The second kappa shape index (κ2) is 8.91. The third kappa shape index (κ3) is 4.41. The maximum atomic E-state index is 12.7. The molecule has 150 valence electrons. The lowest BCUT2D eigenvalue weighted by Crippen LogP contribution is -2.40. The highest BCUT2D eigenvalue weighted by Crippen LogP contribution is 2.38. The van der Waals surface area contributed by atoms with E-state index in [0.717, 1.165) is 40.9 Å². The monoisotopic (exact) mass is 417 g/mol. The van der Waals surface area contributed by atoms with Crippen molar-refractivity contribution < 1.29 is 4.79 Å². The Morgan fingerprint density at radius 1 is 1.18 bits per heavy atom. The summed E-state index contributed by atoms with van der Waals surface area (Å²) in [5.41, 5.74) is 2.26. The van der Waals surface area contributed by atoms with Crippen LogP contribution in [0.4, 0.5) is 0 Å². The number of carbonyl (C=O) groups is 1. The first kappa shape index (κ1) is 19.8. The van der Waals surface area contributed by atoms with Crippen LogP contribution >= 0.6 is 23.4 Å². The molecule has 1 aromatic carbocycles. The SMILES string of the molecule is C[C@H]1CCCN(C(=O)CSc2ncc(-c3ccc(Cl)cc3)n2C2CCCC2)C1. The van der Waals surface area contributed by atoms with Crippen molar-refractivity contribution in [3.8, 4) is 11.3 Å². The molecule has 1 saturated carbocycles. The maximum absolute atomic E-state index is 12.7. The highest BCUT2D eigenvalue weighted by Gasteiger charge is 2.25. The molecule has 1 aliphatic carbocycles. The molecule has 2 fully saturated rings. The van der Waals surface area contributed by atoms with E-state index < -0.39 is 0 Å². The van der Waals surface area contributed by atoms with Crippen LogP contribution in [0.15, 0.2) is 35.6 Å². The Hall–Kier alpha value is -1.46. The lowest BCUT2D eigenvalue weighted by Gasteiger charge is -2.30. The summed E-state index contributed by atoms with van der Waals surface area (Å²) >= 11 is 7.66. The van der Waals surface area contributed by atoms with Gasteiger partial charge in [-0.3, -0.25) is 4.79 Å². The molecule has 1 saturated heterocycles. The van der Waals surface area contributed by atoms with Crippen molar-refractivity contribution in [2.24, 2.45) is 5.92 Å². The summed E-state index contributed by atoms with van der Waals surface area (Å²) in [5.74, 6) is 1.32. The first-order valence-corrected chi connectivity index (χ1v) is 11.7. The number of nitrogens with zero attached hydrogens (tertiary/aromatic N) is 3. The van der Waals surface area contributed by atoms with E-state index in [2.05, 4.69) is 23.6 Å². The second-order valence-corrected chi connectivity index (χ2v) is 9.50. The van der Waals surface area contributed by atoms with Gasteiger partial charge in [-0.25, -0.2) is 4.98 Å². The maximum Gasteiger partial charge on any atom is 0.233 e. The van der Waals surface area contributed by atoms with Gasteiger partial charge in [-0.15, -0.1) is 0 Å². The van der Waals surface area contributed by atoms with E-state index in [4.69, 9.17) is 16.6 Å². The Kier molecular flexibility index (Phi) is 6.32. The van der Waals surface area contributed by atoms with Gasteiger partial charge < -0.3 is 9.47 Å². The summed E-state index contributed by atoms with van der Waals surface area (Å²) < 4.78 is 2.37. The minimum atomic E-state index is 0.241. The van der Waals surface area contributed by atoms with Gasteiger partial charge in [-0.2, -0.15) is 0 Å². The van der Waals surface area contributed by atoms with Crippen LogP contribution in [0, 0.1) is 5.92 Å². The molecule has 1 aliphatic heterocycles. The van der Waals surface area contributed by atoms with Crippen LogP contribution in [0.2, 0.25) is 5.02 Å². The summed E-state index contributed by atoms with van der Waals surface area (Å²) in [6.07, 6.45) is 9.19. The van der Waals surface area contributed by atoms with E-state index in [1.807, 2.05) is 23.2 Å². The number of benzene rings is 1. The fraction of sp³-hybridized carbons (Fsp3) is 0.545. The van der Waals surface area contributed by atoms with Gasteiger partial charge in [0.2, 0.25) is 5.91 Å². The molecule has 2 heterocycles. The molecule has 0 bridgehead atoms. The van der Waals surface area contributed by atoms with Gasteiger partial charge in [-0.05, 0) is 49.3 Å². The molecule has 0 N–H and O–H groups in total. The predicted octanol–water partition coefficient (Wildman–Crippen LogP) is 5.67. The van der Waals surface area contributed by atoms with Crippen molar-refractivity contribution in [1.29, 1.82) is 0 Å². The number of piperidine rings is 1. The highest BCUT2D eigenvalue weighted by atomic mass is 35.5. The normalized spacial score (nSPS) is 20.6. The number of likely N-dealkylation sites (tertiary alicyclic amines) is 1. The van der Waals surface area contributed by atoms with Gasteiger partial charge >= 0.3 is 0 Å². The molecule has 0 radical (unpaired) electrons. The van der Waals surface area contributed by atoms with Crippen LogP contribution in [0.5, 0.6) is 0 Å². The fourth-order valence-electron chi connectivity index (χ4n) is 4.43. The van der Waals surface area contributed by atoms with Gasteiger partial charge in [-0.1, -0.05) is 55.3 Å². The number of carbonyl (C=O) groups excluding carboxylic acids is 1. The molecule has 6 heteroatoms. The zero-order valence-corrected chi connectivity index (χ0v) is 18.0. The fourth-order valence-corrected chi connectivity index (χ4v) is 5.51. The summed E-state index contributed by atoms with van der Waals surface area (Å²) in [7, 11) is 0. The van der Waals surface area contributed by atoms with E-state index in [9.17, 15) is 4.79 Å². The Labute approximate surface area is 176 Å². The number of imidazole rings is 1. The molecule has 1 amide bonds. The standard InChI is InChI=1S/C22H28ClN3OS/c1-16-5-4-12-25(14-16)21(27)15-28-22-24-13-20(17-8-10-18(23)11-9-17)26(22)19-6-2-3-7-19/h8-11,13,16,19H,2-7,12,14-15H2,1H3/t16-/m0/s1. The van der Waals surface area contributed by atoms with E-state index in [1.54, 1.807) is 11.8 Å². The Bertz CT molecular complexity index is 814. The molecule has 4 rings (SSSR count). The molecular weight excluding hydrogens is 390 g/mol. The Balaban J connectivity index is 1.53. The third-order valence-corrected chi connectivity index (χ3v) is 7.13. The van der Waals surface area contributed by atoms with Crippen LogP contribution in [-0.4, -0.2) is 39.2 Å². The molecule has 4 nitrogen and oxygen atoms in total. The molecule has 1 atom stereocenters. The number of thioether (sulfide) groups is 1. The summed E-state index contributed by atoms with van der Waals surface area (Å²) in [6, 6.07) is 8.44. The van der Waals surface area contributed by atoms with E-state index in [0.29, 0.717) is 17.7 Å². The average Bonchev–Trinajstić information content (AvgIpc) is 3.36. The molecule has 0 unspecified atom stereocenters. The molecular formula is C22H28ClN3OS. The number of hydrogen-bond acceptors (Lipinski definition) is 3. The van der Waals surface area contributed by atoms with Crippen molar-refractivity contribution in [3.05, 3.63) is 35.5 Å². The molecule has 1 aromatic heterocycles. The molecule has 28 heavy (non-hydrogen) atoms. The minimum absolute atomic E-state index is 0.241. The van der Waals surface area contributed by atoms with E-state index in [-0.39, 0.29) is 5.91 Å². The second-order valence-electron chi connectivity index (χ2n) is 8.12. The van der Waals surface area contributed by atoms with E-state index in [1.165, 1.54) is 32.1 Å². The first-order valence-electron chi connectivity index (χ1n) is 10.4. The van der Waals surface area contributed by atoms with Gasteiger partial charge in [0.15, 0.2) is 5.16 Å². The number of aromatic nitrogens is 2. The summed E-state index contributed by atoms with van der Waals surface area (Å²) in [6.45, 7) is 4.03. The van der Waals surface area contributed by atoms with Crippen molar-refractivity contribution in [2.75, 3.05) is 18.8 Å². The topological polar surface area (TPSA) is 38.1 Å². The quantitative estimate of drug-likeness (QED) is 0.588. The third-order valence-electron chi connectivity index (χ3n) is 5.93. The number of hydrogen-bond donors (Lipinski definition) is 0. The lowest BCUT2D eigenvalue weighted by molar-refractivity contribution is -0.130. The Morgan fingerprint density at radius 2 is 1.93 bits per heavy atom. The Morgan fingerprint density at radius 3 is 2.64 bits per heavy atom. The zero-order valence-electron chi connectivity index (χ0n) is 16.4. The van der Waals surface area contributed by atoms with Gasteiger partial charge in [0.25, 0.3) is 0 Å². The largest absolute Gasteiger partial charge is 0.342 e. The van der Waals surface area contributed by atoms with Crippen LogP contribution in [0.25, 0.3) is 11.3 Å². The van der Waals surface area contributed by atoms with Gasteiger partial charge in [0.05, 0.1) is 17.6 Å². The van der Waals surface area contributed by atoms with Crippen molar-refractivity contribution in [2.45, 2.75) is 56.6 Å². The first-order chi connectivity index (χ1) is 13.6. The lowest BCUT2D eigenvalue weighted by atomic mass is 10.0. The van der Waals surface area contributed by atoms with Gasteiger partial charge in [0, 0.05) is 24.2 Å². The van der Waals surface area contributed by atoms with Crippen LogP contribution in [0.3, 0.4) is 0 Å². The van der Waals surface area contributed by atoms with Crippen LogP contribution in [0.1, 0.15) is 51.5 Å². The van der Waals surface area contributed by atoms with Crippen molar-refractivity contribution in [1.82, 2.24) is 14.5 Å². The molecule has 2 aliphatic rings. The average molecular weight is 418 g/mol. The van der Waals surface area contributed by atoms with Crippen LogP contribution in [-0.2, 0) is 4.79 Å². The summed E-state index contributed by atoms with van der Waals surface area (Å²) in [5, 5.41) is 1.71. The number of amides is 1. The number of rotatable bonds is 5. The minimum Gasteiger partial charge on any atom is -0.342 e. The van der Waals surface area contributed by atoms with Gasteiger partial charge in [0.1, 0.15) is 0 Å². The number of halogens is 1. The van der Waals surface area contributed by atoms with Crippen molar-refractivity contribution in [3.63, 3.8) is 0 Å². The predicted molar refractivity (Wildman–Crippen MR) is 116 cm³/mol. The summed E-state index contributed by atoms with van der Waals surface area (Å²) in [4.78, 5) is 19.5. The van der Waals surface area contributed by atoms with E-state index >= 15 is 0 Å². The van der Waals surface area contributed by atoms with Crippen molar-refractivity contribution >= 4 is 29.3 Å².